The number of carbonyl (C=O) groups is 2. The zero-order valence-electron chi connectivity index (χ0n) is 15.9. The second kappa shape index (κ2) is 7.29. The number of non-ortho nitro benzene ring substituents is 1. The Morgan fingerprint density at radius 1 is 1.10 bits per heavy atom. The lowest BCUT2D eigenvalue weighted by Gasteiger charge is -2.45. The molecule has 0 spiro atoms. The van der Waals surface area contributed by atoms with Crippen LogP contribution < -0.4 is 0 Å². The van der Waals surface area contributed by atoms with Gasteiger partial charge in [0.25, 0.3) is 11.4 Å². The van der Waals surface area contributed by atoms with Crippen LogP contribution in [0.1, 0.15) is 30.1 Å². The van der Waals surface area contributed by atoms with Crippen molar-refractivity contribution in [2.24, 2.45) is 28.8 Å². The molecule has 2 bridgehead atoms. The van der Waals surface area contributed by atoms with Gasteiger partial charge >= 0.3 is 5.97 Å². The van der Waals surface area contributed by atoms with Gasteiger partial charge in [0, 0.05) is 17.9 Å². The van der Waals surface area contributed by atoms with Gasteiger partial charge in [-0.05, 0) is 49.3 Å². The molecule has 1 saturated carbocycles. The van der Waals surface area contributed by atoms with Crippen LogP contribution in [-0.2, 0) is 9.63 Å². The Bertz CT molecular complexity index is 1070. The highest BCUT2D eigenvalue weighted by atomic mass is 16.7. The Hall–Kier alpha value is -3.69. The molecule has 1 aromatic rings. The van der Waals surface area contributed by atoms with Crippen molar-refractivity contribution in [2.45, 2.75) is 19.8 Å². The molecule has 0 aliphatic heterocycles. The lowest BCUT2D eigenvalue weighted by molar-refractivity contribution is -0.394. The van der Waals surface area contributed by atoms with Crippen LogP contribution in [0.4, 0.5) is 11.4 Å². The van der Waals surface area contributed by atoms with Crippen LogP contribution >= 0.6 is 0 Å². The number of nitrogens with zero attached hydrogens (tertiary/aromatic N) is 3. The van der Waals surface area contributed by atoms with Gasteiger partial charge in [0.1, 0.15) is 5.56 Å². The van der Waals surface area contributed by atoms with E-state index in [1.807, 2.05) is 0 Å². The van der Waals surface area contributed by atoms with Crippen LogP contribution in [0.2, 0.25) is 0 Å². The first-order chi connectivity index (χ1) is 14.3. The molecule has 10 heteroatoms. The number of nitro benzene ring substituents is 2. The smallest absolute Gasteiger partial charge is 0.312 e. The molecule has 154 valence electrons. The summed E-state index contributed by atoms with van der Waals surface area (Å²) in [4.78, 5) is 50.5. The summed E-state index contributed by atoms with van der Waals surface area (Å²) < 4.78 is 0. The molecule has 4 aliphatic carbocycles. The van der Waals surface area contributed by atoms with E-state index in [0.717, 1.165) is 25.0 Å². The molecule has 0 radical (unpaired) electrons. The Labute approximate surface area is 170 Å². The number of rotatable bonds is 4. The molecule has 10 nitrogen and oxygen atoms in total. The molecule has 0 N–H and O–H groups in total. The molecule has 1 fully saturated rings. The molecule has 4 aliphatic rings. The van der Waals surface area contributed by atoms with Crippen molar-refractivity contribution in [1.82, 2.24) is 0 Å². The molecule has 0 unspecified atom stereocenters. The van der Waals surface area contributed by atoms with Crippen LogP contribution in [0.5, 0.6) is 0 Å². The Morgan fingerprint density at radius 3 is 2.37 bits per heavy atom. The van der Waals surface area contributed by atoms with E-state index in [9.17, 15) is 29.8 Å². The number of hydrogen-bond acceptors (Lipinski definition) is 8. The van der Waals surface area contributed by atoms with E-state index in [1.165, 1.54) is 0 Å². The Kier molecular flexibility index (Phi) is 4.76. The summed E-state index contributed by atoms with van der Waals surface area (Å²) in [5.74, 6) is -1.25. The molecule has 5 rings (SSSR count). The highest BCUT2D eigenvalue weighted by molar-refractivity contribution is 6.13. The highest BCUT2D eigenvalue weighted by Gasteiger charge is 2.48. The monoisotopic (exact) mass is 411 g/mol. The van der Waals surface area contributed by atoms with E-state index in [-0.39, 0.29) is 29.5 Å². The molecule has 4 atom stereocenters. The maximum atomic E-state index is 12.7. The van der Waals surface area contributed by atoms with Crippen LogP contribution in [0.25, 0.3) is 0 Å². The minimum Gasteiger partial charge on any atom is -0.312 e. The van der Waals surface area contributed by atoms with E-state index < -0.39 is 32.8 Å². The molecule has 0 amide bonds. The summed E-state index contributed by atoms with van der Waals surface area (Å²) >= 11 is 0. The number of ketones is 1. The summed E-state index contributed by atoms with van der Waals surface area (Å²) in [6.45, 7) is 1.68. The lowest BCUT2D eigenvalue weighted by Crippen LogP contribution is -2.47. The largest absolute Gasteiger partial charge is 0.372 e. The summed E-state index contributed by atoms with van der Waals surface area (Å²) in [7, 11) is 0. The number of fused-ring (bicyclic) bond motifs is 1. The second-order valence-electron chi connectivity index (χ2n) is 7.64. The zero-order chi connectivity index (χ0) is 21.6. The van der Waals surface area contributed by atoms with E-state index in [2.05, 4.69) is 17.3 Å². The van der Waals surface area contributed by atoms with Crippen molar-refractivity contribution < 1.29 is 24.3 Å². The van der Waals surface area contributed by atoms with Crippen LogP contribution in [0.3, 0.4) is 0 Å². The van der Waals surface area contributed by atoms with Crippen molar-refractivity contribution in [1.29, 1.82) is 0 Å². The number of carbonyl (C=O) groups excluding carboxylic acids is 2. The standard InChI is InChI=1S/C20H17N3O7/c1-10-8-15(17-11-2-4-12(5-3-11)18(17)19(10)24)21-30-20(25)14-7-6-13(22(26)27)9-16(14)23(28)29/h2,4,6-9,11-12,17-18H,3,5H2,1H3/t11-,12-,17-,18+/m0/s1. The predicted molar refractivity (Wildman–Crippen MR) is 104 cm³/mol. The van der Waals surface area contributed by atoms with Crippen molar-refractivity contribution in [3.63, 3.8) is 0 Å². The Balaban J connectivity index is 1.64. The number of hydrogen-bond donors (Lipinski definition) is 0. The molecule has 30 heavy (non-hydrogen) atoms. The summed E-state index contributed by atoms with van der Waals surface area (Å²) in [6.07, 6.45) is 7.55. The number of benzene rings is 1. The molecule has 0 aromatic heterocycles. The van der Waals surface area contributed by atoms with Gasteiger partial charge < -0.3 is 4.84 Å². The molecular formula is C20H17N3O7. The minimum atomic E-state index is -1.10. The van der Waals surface area contributed by atoms with E-state index in [4.69, 9.17) is 4.84 Å². The maximum Gasteiger partial charge on any atom is 0.372 e. The van der Waals surface area contributed by atoms with Gasteiger partial charge in [0.05, 0.1) is 21.6 Å². The fourth-order valence-electron chi connectivity index (χ4n) is 4.59. The first-order valence-corrected chi connectivity index (χ1v) is 9.41. The van der Waals surface area contributed by atoms with Gasteiger partial charge in [0.15, 0.2) is 5.78 Å². The Morgan fingerprint density at radius 2 is 1.77 bits per heavy atom. The fraction of sp³-hybridized carbons (Fsp3) is 0.350. The number of oxime groups is 1. The number of nitro groups is 2. The van der Waals surface area contributed by atoms with Gasteiger partial charge in [-0.1, -0.05) is 17.3 Å². The molecule has 1 aromatic carbocycles. The molecule has 0 saturated heterocycles. The van der Waals surface area contributed by atoms with E-state index in [1.54, 1.807) is 13.0 Å². The van der Waals surface area contributed by atoms with Crippen molar-refractivity contribution >= 4 is 28.8 Å². The fourth-order valence-corrected chi connectivity index (χ4v) is 4.59. The van der Waals surface area contributed by atoms with Gasteiger partial charge in [-0.3, -0.25) is 25.0 Å². The average molecular weight is 411 g/mol. The van der Waals surface area contributed by atoms with Gasteiger partial charge in [-0.2, -0.15) is 0 Å². The first kappa shape index (κ1) is 19.6. The van der Waals surface area contributed by atoms with Crippen molar-refractivity contribution in [3.05, 3.63) is 67.8 Å². The topological polar surface area (TPSA) is 142 Å². The molecular weight excluding hydrogens is 394 g/mol. The second-order valence-corrected chi connectivity index (χ2v) is 7.64. The minimum absolute atomic E-state index is 0.0651. The van der Waals surface area contributed by atoms with Gasteiger partial charge in [-0.15, -0.1) is 0 Å². The predicted octanol–water partition coefficient (Wildman–Crippen LogP) is 3.37. The molecule has 0 heterocycles. The third kappa shape index (κ3) is 3.19. The maximum absolute atomic E-state index is 12.7. The average Bonchev–Trinajstić information content (AvgIpc) is 2.74. The van der Waals surface area contributed by atoms with Crippen molar-refractivity contribution in [2.75, 3.05) is 0 Å². The van der Waals surface area contributed by atoms with Gasteiger partial charge in [0.2, 0.25) is 0 Å². The summed E-state index contributed by atoms with van der Waals surface area (Å²) in [5.41, 5.74) is -0.717. The van der Waals surface area contributed by atoms with E-state index >= 15 is 0 Å². The van der Waals surface area contributed by atoms with Crippen LogP contribution in [0.15, 0.2) is 47.2 Å². The van der Waals surface area contributed by atoms with Crippen LogP contribution in [0, 0.1) is 43.9 Å². The normalized spacial score (nSPS) is 28.1. The number of Topliss-reactive ketones (excluding diaryl/α,β-unsaturated/α-hetero) is 1. The van der Waals surface area contributed by atoms with Crippen LogP contribution in [-0.4, -0.2) is 27.3 Å². The van der Waals surface area contributed by atoms with Crippen molar-refractivity contribution in [3.8, 4) is 0 Å². The van der Waals surface area contributed by atoms with Gasteiger partial charge in [-0.25, -0.2) is 4.79 Å². The summed E-state index contributed by atoms with van der Waals surface area (Å²) in [6, 6.07) is 2.66. The van der Waals surface area contributed by atoms with E-state index in [0.29, 0.717) is 17.4 Å². The quantitative estimate of drug-likeness (QED) is 0.320. The highest BCUT2D eigenvalue weighted by Crippen LogP contribution is 2.48. The third-order valence-corrected chi connectivity index (χ3v) is 5.99. The summed E-state index contributed by atoms with van der Waals surface area (Å²) in [5, 5.41) is 26.0. The lowest BCUT2D eigenvalue weighted by atomic mass is 9.57. The first-order valence-electron chi connectivity index (χ1n) is 9.41. The third-order valence-electron chi connectivity index (χ3n) is 5.99. The zero-order valence-corrected chi connectivity index (χ0v) is 15.9. The SMILES string of the molecule is CC1=CC(=NOC(=O)c2ccc([N+](=O)[O-])cc2[N+](=O)[O-])[C@H]2[C@H](C1=O)[C@H]1C=C[C@H]2CC1. The number of allylic oxidation sites excluding steroid dienone is 4.